The zero-order valence-corrected chi connectivity index (χ0v) is 10.8. The van der Waals surface area contributed by atoms with Crippen LogP contribution in [0, 0.1) is 12.8 Å². The molecule has 1 atom stereocenters. The monoisotopic (exact) mass is 238 g/mol. The van der Waals surface area contributed by atoms with E-state index in [1.165, 1.54) is 6.07 Å². The van der Waals surface area contributed by atoms with Gasteiger partial charge in [0.1, 0.15) is 0 Å². The molecule has 17 heavy (non-hydrogen) atoms. The van der Waals surface area contributed by atoms with Gasteiger partial charge in [0.25, 0.3) is 5.56 Å². The molecule has 4 heteroatoms. The number of pyridine rings is 1. The summed E-state index contributed by atoms with van der Waals surface area (Å²) in [6, 6.07) is 5.12. The summed E-state index contributed by atoms with van der Waals surface area (Å²) < 4.78 is 1.60. The number of rotatable bonds is 6. The van der Waals surface area contributed by atoms with Crippen molar-refractivity contribution in [3.8, 4) is 0 Å². The Balaban J connectivity index is 2.51. The van der Waals surface area contributed by atoms with Crippen LogP contribution in [0.2, 0.25) is 0 Å². The fraction of sp³-hybridized carbons (Fsp3) is 0.615. The van der Waals surface area contributed by atoms with E-state index in [1.54, 1.807) is 10.6 Å². The summed E-state index contributed by atoms with van der Waals surface area (Å²) >= 11 is 0. The highest BCUT2D eigenvalue weighted by atomic mass is 16.3. The van der Waals surface area contributed by atoms with Crippen LogP contribution in [-0.2, 0) is 6.54 Å². The highest BCUT2D eigenvalue weighted by molar-refractivity contribution is 5.04. The first-order chi connectivity index (χ1) is 8.00. The maximum Gasteiger partial charge on any atom is 0.250 e. The molecule has 0 saturated carbocycles. The molecule has 0 bridgehead atoms. The molecule has 0 saturated heterocycles. The average Bonchev–Trinajstić information content (AvgIpc) is 2.23. The van der Waals surface area contributed by atoms with Gasteiger partial charge in [-0.3, -0.25) is 4.79 Å². The Morgan fingerprint density at radius 1 is 1.35 bits per heavy atom. The number of aryl methyl sites for hydroxylation is 1. The van der Waals surface area contributed by atoms with E-state index in [4.69, 9.17) is 0 Å². The van der Waals surface area contributed by atoms with Crippen LogP contribution in [0.25, 0.3) is 0 Å². The smallest absolute Gasteiger partial charge is 0.250 e. The van der Waals surface area contributed by atoms with Crippen LogP contribution in [0.4, 0.5) is 0 Å². The summed E-state index contributed by atoms with van der Waals surface area (Å²) in [5.74, 6) is 0.559. The molecule has 1 heterocycles. The molecule has 1 rings (SSSR count). The number of aromatic nitrogens is 1. The SMILES string of the molecule is Cc1cccc(=O)n1CC(O)CNCC(C)C. The normalized spacial score (nSPS) is 13.0. The average molecular weight is 238 g/mol. The Bertz CT molecular complexity index is 399. The minimum Gasteiger partial charge on any atom is -0.390 e. The molecular formula is C13H22N2O2. The van der Waals surface area contributed by atoms with Crippen molar-refractivity contribution in [1.82, 2.24) is 9.88 Å². The fourth-order valence-corrected chi connectivity index (χ4v) is 1.67. The second-order valence-corrected chi connectivity index (χ2v) is 4.82. The predicted molar refractivity (Wildman–Crippen MR) is 69.2 cm³/mol. The molecule has 0 aliphatic rings. The van der Waals surface area contributed by atoms with Crippen molar-refractivity contribution in [2.45, 2.75) is 33.4 Å². The zero-order valence-electron chi connectivity index (χ0n) is 10.8. The topological polar surface area (TPSA) is 54.3 Å². The van der Waals surface area contributed by atoms with Crippen LogP contribution < -0.4 is 10.9 Å². The van der Waals surface area contributed by atoms with Crippen molar-refractivity contribution in [2.75, 3.05) is 13.1 Å². The van der Waals surface area contributed by atoms with E-state index < -0.39 is 6.10 Å². The van der Waals surface area contributed by atoms with Gasteiger partial charge in [-0.05, 0) is 25.5 Å². The number of hydrogen-bond acceptors (Lipinski definition) is 3. The van der Waals surface area contributed by atoms with E-state index in [0.717, 1.165) is 12.2 Å². The van der Waals surface area contributed by atoms with E-state index in [9.17, 15) is 9.90 Å². The Morgan fingerprint density at radius 2 is 2.06 bits per heavy atom. The minimum absolute atomic E-state index is 0.0621. The summed E-state index contributed by atoms with van der Waals surface area (Å²) in [6.45, 7) is 7.83. The first-order valence-electron chi connectivity index (χ1n) is 6.06. The molecule has 1 aromatic rings. The molecule has 1 unspecified atom stereocenters. The lowest BCUT2D eigenvalue weighted by Crippen LogP contribution is -2.35. The molecule has 0 aliphatic carbocycles. The second-order valence-electron chi connectivity index (χ2n) is 4.82. The zero-order chi connectivity index (χ0) is 12.8. The van der Waals surface area contributed by atoms with Gasteiger partial charge in [0, 0.05) is 18.3 Å². The van der Waals surface area contributed by atoms with Crippen molar-refractivity contribution in [3.63, 3.8) is 0 Å². The molecule has 0 fully saturated rings. The molecule has 1 aromatic heterocycles. The maximum atomic E-state index is 11.6. The van der Waals surface area contributed by atoms with E-state index in [1.807, 2.05) is 13.0 Å². The number of aliphatic hydroxyl groups excluding tert-OH is 1. The van der Waals surface area contributed by atoms with Crippen LogP contribution >= 0.6 is 0 Å². The van der Waals surface area contributed by atoms with Gasteiger partial charge in [0.2, 0.25) is 0 Å². The molecular weight excluding hydrogens is 216 g/mol. The van der Waals surface area contributed by atoms with Crippen LogP contribution in [0.5, 0.6) is 0 Å². The third-order valence-corrected chi connectivity index (χ3v) is 2.59. The van der Waals surface area contributed by atoms with E-state index in [-0.39, 0.29) is 5.56 Å². The lowest BCUT2D eigenvalue weighted by atomic mass is 10.2. The van der Waals surface area contributed by atoms with E-state index >= 15 is 0 Å². The summed E-state index contributed by atoms with van der Waals surface area (Å²) in [6.07, 6.45) is -0.535. The molecule has 0 aromatic carbocycles. The first kappa shape index (κ1) is 13.9. The van der Waals surface area contributed by atoms with Gasteiger partial charge >= 0.3 is 0 Å². The van der Waals surface area contributed by atoms with Crippen LogP contribution in [0.15, 0.2) is 23.0 Å². The predicted octanol–water partition coefficient (Wildman–Crippen LogP) is 0.763. The van der Waals surface area contributed by atoms with Gasteiger partial charge in [0.05, 0.1) is 12.6 Å². The van der Waals surface area contributed by atoms with Crippen LogP contribution in [0.1, 0.15) is 19.5 Å². The van der Waals surface area contributed by atoms with E-state index in [2.05, 4.69) is 19.2 Å². The molecule has 0 aliphatic heterocycles. The summed E-state index contributed by atoms with van der Waals surface area (Å²) in [7, 11) is 0. The van der Waals surface area contributed by atoms with Gasteiger partial charge in [-0.25, -0.2) is 0 Å². The van der Waals surface area contributed by atoms with Crippen molar-refractivity contribution >= 4 is 0 Å². The molecule has 0 radical (unpaired) electrons. The molecule has 2 N–H and O–H groups in total. The molecule has 96 valence electrons. The summed E-state index contributed by atoms with van der Waals surface area (Å²) in [5, 5.41) is 13.0. The first-order valence-corrected chi connectivity index (χ1v) is 6.06. The van der Waals surface area contributed by atoms with Crippen molar-refractivity contribution in [3.05, 3.63) is 34.2 Å². The van der Waals surface area contributed by atoms with Gasteiger partial charge in [-0.2, -0.15) is 0 Å². The highest BCUT2D eigenvalue weighted by Gasteiger charge is 2.07. The Kier molecular flexibility index (Phi) is 5.38. The minimum atomic E-state index is -0.535. The molecule has 0 spiro atoms. The number of nitrogens with one attached hydrogen (secondary N) is 1. The van der Waals surface area contributed by atoms with Crippen molar-refractivity contribution in [1.29, 1.82) is 0 Å². The third kappa shape index (κ3) is 4.71. The van der Waals surface area contributed by atoms with Crippen molar-refractivity contribution in [2.24, 2.45) is 5.92 Å². The fourth-order valence-electron chi connectivity index (χ4n) is 1.67. The lowest BCUT2D eigenvalue weighted by molar-refractivity contribution is 0.148. The summed E-state index contributed by atoms with van der Waals surface area (Å²) in [5.41, 5.74) is 0.813. The van der Waals surface area contributed by atoms with Crippen molar-refractivity contribution < 1.29 is 5.11 Å². The van der Waals surface area contributed by atoms with Gasteiger partial charge < -0.3 is 15.0 Å². The maximum absolute atomic E-state index is 11.6. The number of hydrogen-bond donors (Lipinski definition) is 2. The molecule has 0 amide bonds. The van der Waals surface area contributed by atoms with Gasteiger partial charge in [0.15, 0.2) is 0 Å². The van der Waals surface area contributed by atoms with E-state index in [0.29, 0.717) is 19.0 Å². The summed E-state index contributed by atoms with van der Waals surface area (Å²) in [4.78, 5) is 11.6. The number of aliphatic hydroxyl groups is 1. The highest BCUT2D eigenvalue weighted by Crippen LogP contribution is 1.96. The Labute approximate surface area is 102 Å². The number of nitrogens with zero attached hydrogens (tertiary/aromatic N) is 1. The second kappa shape index (κ2) is 6.57. The van der Waals surface area contributed by atoms with Gasteiger partial charge in [-0.15, -0.1) is 0 Å². The quantitative estimate of drug-likeness (QED) is 0.769. The van der Waals surface area contributed by atoms with Crippen LogP contribution in [0.3, 0.4) is 0 Å². The molecule has 4 nitrogen and oxygen atoms in total. The third-order valence-electron chi connectivity index (χ3n) is 2.59. The standard InChI is InChI=1S/C13H22N2O2/c1-10(2)7-14-8-12(16)9-15-11(3)5-4-6-13(15)17/h4-6,10,12,14,16H,7-9H2,1-3H3. The van der Waals surface area contributed by atoms with Crippen LogP contribution in [-0.4, -0.2) is 28.9 Å². The Morgan fingerprint density at radius 3 is 2.65 bits per heavy atom. The van der Waals surface area contributed by atoms with Gasteiger partial charge in [-0.1, -0.05) is 19.9 Å². The lowest BCUT2D eigenvalue weighted by Gasteiger charge is -2.16. The largest absolute Gasteiger partial charge is 0.390 e. The Hall–Kier alpha value is -1.13.